The zero-order chi connectivity index (χ0) is 18.0. The molecule has 11 heteroatoms. The molecule has 0 aliphatic carbocycles. The van der Waals surface area contributed by atoms with Crippen molar-refractivity contribution in [1.29, 1.82) is 0 Å². The van der Waals surface area contributed by atoms with E-state index in [1.807, 2.05) is 6.92 Å². The van der Waals surface area contributed by atoms with Gasteiger partial charge in [-0.2, -0.15) is 8.42 Å². The fraction of sp³-hybridized carbons (Fsp3) is 0.769. The number of carbonyl (C=O) groups is 3. The van der Waals surface area contributed by atoms with Gasteiger partial charge in [0, 0.05) is 18.5 Å². The quantitative estimate of drug-likeness (QED) is 0.426. The molecule has 0 aromatic rings. The van der Waals surface area contributed by atoms with Crippen molar-refractivity contribution < 1.29 is 32.2 Å². The fourth-order valence-corrected chi connectivity index (χ4v) is 3.39. The van der Waals surface area contributed by atoms with E-state index in [9.17, 15) is 22.8 Å². The van der Waals surface area contributed by atoms with Crippen molar-refractivity contribution in [2.75, 3.05) is 6.54 Å². The summed E-state index contributed by atoms with van der Waals surface area (Å²) >= 11 is 0. The molecule has 136 valence electrons. The van der Waals surface area contributed by atoms with E-state index in [0.717, 1.165) is 25.8 Å². The molecular formula is C13H21N3O7S. The van der Waals surface area contributed by atoms with Gasteiger partial charge in [-0.3, -0.25) is 25.0 Å². The molecule has 2 atom stereocenters. The highest BCUT2D eigenvalue weighted by Gasteiger charge is 2.48. The maximum absolute atomic E-state index is 11.9. The summed E-state index contributed by atoms with van der Waals surface area (Å²) in [7, 11) is -4.72. The number of nitrogens with zero attached hydrogens (tertiary/aromatic N) is 1. The normalized spacial score (nSPS) is 28.8. The van der Waals surface area contributed by atoms with Crippen molar-refractivity contribution in [1.82, 2.24) is 15.9 Å². The molecule has 2 aliphatic heterocycles. The number of amides is 2. The van der Waals surface area contributed by atoms with Crippen LogP contribution in [0.4, 0.5) is 0 Å². The van der Waals surface area contributed by atoms with Gasteiger partial charge in [-0.25, -0.2) is 4.79 Å². The average Bonchev–Trinajstić information content (AvgIpc) is 2.65. The third-order valence-corrected chi connectivity index (χ3v) is 5.25. The Balaban J connectivity index is 1.90. The maximum Gasteiger partial charge on any atom is 0.333 e. The summed E-state index contributed by atoms with van der Waals surface area (Å²) in [6.07, 6.45) is 2.47. The molecule has 10 nitrogen and oxygen atoms in total. The number of hydrazine groups is 1. The Morgan fingerprint density at radius 1 is 1.42 bits per heavy atom. The fourth-order valence-electron chi connectivity index (χ4n) is 2.69. The van der Waals surface area contributed by atoms with Crippen LogP contribution < -0.4 is 10.9 Å². The van der Waals surface area contributed by atoms with Crippen molar-refractivity contribution >= 4 is 27.9 Å². The van der Waals surface area contributed by atoms with Crippen LogP contribution in [0.15, 0.2) is 0 Å². The van der Waals surface area contributed by atoms with E-state index in [2.05, 4.69) is 10.9 Å². The third kappa shape index (κ3) is 4.50. The Morgan fingerprint density at radius 2 is 2.12 bits per heavy atom. The average molecular weight is 363 g/mol. The predicted molar refractivity (Wildman–Crippen MR) is 80.5 cm³/mol. The molecule has 2 aliphatic rings. The number of hydroxylamine groups is 2. The third-order valence-electron chi connectivity index (χ3n) is 4.17. The second-order valence-corrected chi connectivity index (χ2v) is 7.87. The van der Waals surface area contributed by atoms with Crippen molar-refractivity contribution in [3.63, 3.8) is 0 Å². The zero-order valence-electron chi connectivity index (χ0n) is 13.3. The Kier molecular flexibility index (Phi) is 5.58. The maximum atomic E-state index is 11.9. The monoisotopic (exact) mass is 363 g/mol. The zero-order valence-corrected chi connectivity index (χ0v) is 14.1. The van der Waals surface area contributed by atoms with Crippen LogP contribution in [0.25, 0.3) is 0 Å². The lowest BCUT2D eigenvalue weighted by Gasteiger charge is -2.29. The van der Waals surface area contributed by atoms with E-state index in [-0.39, 0.29) is 17.0 Å². The summed E-state index contributed by atoms with van der Waals surface area (Å²) in [6.45, 7) is 2.77. The van der Waals surface area contributed by atoms with Gasteiger partial charge < -0.3 is 4.84 Å². The van der Waals surface area contributed by atoms with Crippen molar-refractivity contribution in [3.8, 4) is 0 Å². The minimum atomic E-state index is -4.72. The summed E-state index contributed by atoms with van der Waals surface area (Å²) in [5, 5.41) is -1.79. The van der Waals surface area contributed by atoms with Crippen LogP contribution in [0, 0.1) is 0 Å². The van der Waals surface area contributed by atoms with Gasteiger partial charge in [0.05, 0.1) is 6.42 Å². The first-order valence-corrected chi connectivity index (χ1v) is 9.17. The number of imide groups is 1. The van der Waals surface area contributed by atoms with Gasteiger partial charge in [-0.05, 0) is 26.2 Å². The Bertz CT molecular complexity index is 625. The highest BCUT2D eigenvalue weighted by molar-refractivity contribution is 7.87. The molecule has 2 heterocycles. The molecule has 24 heavy (non-hydrogen) atoms. The van der Waals surface area contributed by atoms with Gasteiger partial charge in [0.1, 0.15) is 0 Å². The van der Waals surface area contributed by atoms with Crippen molar-refractivity contribution in [2.24, 2.45) is 0 Å². The van der Waals surface area contributed by atoms with Crippen LogP contribution in [0.5, 0.6) is 0 Å². The van der Waals surface area contributed by atoms with Gasteiger partial charge in [0.15, 0.2) is 5.25 Å². The van der Waals surface area contributed by atoms with Gasteiger partial charge in [-0.1, -0.05) is 6.42 Å². The van der Waals surface area contributed by atoms with Crippen LogP contribution >= 0.6 is 0 Å². The summed E-state index contributed by atoms with van der Waals surface area (Å²) in [5.41, 5.74) is 5.86. The number of hydrogen-bond donors (Lipinski definition) is 3. The van der Waals surface area contributed by atoms with Crippen molar-refractivity contribution in [3.05, 3.63) is 0 Å². The summed E-state index contributed by atoms with van der Waals surface area (Å²) in [6, 6.07) is 0. The molecule has 0 spiro atoms. The van der Waals surface area contributed by atoms with Crippen LogP contribution in [-0.4, -0.2) is 53.2 Å². The first-order valence-electron chi connectivity index (χ1n) is 7.66. The lowest BCUT2D eigenvalue weighted by molar-refractivity contribution is -0.197. The highest BCUT2D eigenvalue weighted by Crippen LogP contribution is 2.23. The molecule has 3 N–H and O–H groups in total. The lowest BCUT2D eigenvalue weighted by atomic mass is 9.91. The minimum Gasteiger partial charge on any atom is -0.330 e. The van der Waals surface area contributed by atoms with Crippen LogP contribution in [0.3, 0.4) is 0 Å². The molecule has 2 fully saturated rings. The smallest absolute Gasteiger partial charge is 0.330 e. The molecule has 2 unspecified atom stereocenters. The van der Waals surface area contributed by atoms with Gasteiger partial charge >= 0.3 is 5.97 Å². The van der Waals surface area contributed by atoms with E-state index in [1.54, 1.807) is 0 Å². The van der Waals surface area contributed by atoms with E-state index in [0.29, 0.717) is 6.42 Å². The Hall–Kier alpha value is -1.56. The molecule has 0 saturated carbocycles. The van der Waals surface area contributed by atoms with E-state index < -0.39 is 39.6 Å². The number of hydrogen-bond acceptors (Lipinski definition) is 8. The first kappa shape index (κ1) is 18.8. The Morgan fingerprint density at radius 3 is 2.75 bits per heavy atom. The predicted octanol–water partition coefficient (Wildman–Crippen LogP) is -0.723. The molecule has 0 aromatic heterocycles. The topological polar surface area (TPSA) is 142 Å². The minimum absolute atomic E-state index is 0.0568. The van der Waals surface area contributed by atoms with E-state index in [1.165, 1.54) is 0 Å². The van der Waals surface area contributed by atoms with Crippen LogP contribution in [0.1, 0.15) is 45.4 Å². The first-order chi connectivity index (χ1) is 11.1. The van der Waals surface area contributed by atoms with Gasteiger partial charge in [0.2, 0.25) is 0 Å². The largest absolute Gasteiger partial charge is 0.333 e. The molecule has 0 bridgehead atoms. The standard InChI is InChI=1S/C13H21N3O7S/c1-13(5-2-3-7-14-15-13)6-4-11(18)23-16-10(17)8-9(12(16)19)24(20,21)22/h9,14-15H,2-8H2,1H3,(H,20,21,22). The summed E-state index contributed by atoms with van der Waals surface area (Å²) in [5.74, 6) is -3.05. The second-order valence-electron chi connectivity index (χ2n) is 6.27. The molecule has 0 aromatic carbocycles. The number of rotatable bonds is 5. The summed E-state index contributed by atoms with van der Waals surface area (Å²) < 4.78 is 31.0. The highest BCUT2D eigenvalue weighted by atomic mass is 32.2. The molecule has 2 amide bonds. The summed E-state index contributed by atoms with van der Waals surface area (Å²) in [4.78, 5) is 40.0. The van der Waals surface area contributed by atoms with Gasteiger partial charge in [-0.15, -0.1) is 5.06 Å². The second kappa shape index (κ2) is 7.13. The number of carbonyl (C=O) groups excluding carboxylic acids is 3. The molecular weight excluding hydrogens is 342 g/mol. The molecule has 0 radical (unpaired) electrons. The molecule has 2 saturated heterocycles. The van der Waals surface area contributed by atoms with Crippen molar-refractivity contribution in [2.45, 2.75) is 56.2 Å². The van der Waals surface area contributed by atoms with Crippen LogP contribution in [0.2, 0.25) is 0 Å². The van der Waals surface area contributed by atoms with E-state index >= 15 is 0 Å². The van der Waals surface area contributed by atoms with E-state index in [4.69, 9.17) is 9.39 Å². The number of nitrogens with one attached hydrogen (secondary N) is 2. The van der Waals surface area contributed by atoms with Crippen LogP contribution in [-0.2, 0) is 29.3 Å². The molecule has 2 rings (SSSR count). The van der Waals surface area contributed by atoms with Gasteiger partial charge in [0.25, 0.3) is 21.9 Å². The Labute approximate surface area is 139 Å². The SMILES string of the molecule is CC1(CCC(=O)ON2C(=O)CC(S(=O)(=O)O)C2=O)CCCCNN1. The lowest BCUT2D eigenvalue weighted by Crippen LogP contribution is -2.49.